The summed E-state index contributed by atoms with van der Waals surface area (Å²) in [4.78, 5) is 13.0. The maximum atomic E-state index is 13.0. The molecule has 4 nitrogen and oxygen atoms in total. The van der Waals surface area contributed by atoms with Crippen LogP contribution in [0.4, 0.5) is 0 Å². The molecular weight excluding hydrogens is 292 g/mol. The normalized spacial score (nSPS) is 15.1. The topological polar surface area (TPSA) is 48.7 Å². The fraction of sp³-hybridized carbons (Fsp3) is 0.211. The minimum Gasteiger partial charge on any atom is -0.493 e. The third-order valence-corrected chi connectivity index (χ3v) is 4.52. The van der Waals surface area contributed by atoms with Crippen molar-refractivity contribution in [2.45, 2.75) is 12.8 Å². The zero-order valence-electron chi connectivity index (χ0n) is 12.4. The van der Waals surface area contributed by atoms with Crippen LogP contribution in [-0.4, -0.2) is 13.2 Å². The minimum absolute atomic E-state index is 0.101. The Labute approximate surface area is 132 Å². The van der Waals surface area contributed by atoms with Crippen LogP contribution in [0, 0.1) is 0 Å². The van der Waals surface area contributed by atoms with Crippen molar-refractivity contribution in [1.29, 1.82) is 0 Å². The Kier molecular flexibility index (Phi) is 2.56. The van der Waals surface area contributed by atoms with Crippen LogP contribution in [0.3, 0.4) is 0 Å². The van der Waals surface area contributed by atoms with Crippen LogP contribution in [0.25, 0.3) is 22.3 Å². The number of rotatable bonds is 1. The lowest BCUT2D eigenvalue weighted by Gasteiger charge is -2.10. The van der Waals surface area contributed by atoms with Crippen molar-refractivity contribution in [1.82, 2.24) is 0 Å². The second-order valence-electron chi connectivity index (χ2n) is 5.87. The van der Waals surface area contributed by atoms with Gasteiger partial charge < -0.3 is 13.9 Å². The fourth-order valence-corrected chi connectivity index (χ4v) is 3.49. The number of hydrogen-bond acceptors (Lipinski definition) is 4. The Morgan fingerprint density at radius 3 is 2.57 bits per heavy atom. The average Bonchev–Trinajstić information content (AvgIpc) is 3.00. The number of ether oxygens (including phenoxy) is 2. The first-order valence-electron chi connectivity index (χ1n) is 7.79. The van der Waals surface area contributed by atoms with Crippen LogP contribution < -0.4 is 14.9 Å². The van der Waals surface area contributed by atoms with E-state index in [1.807, 2.05) is 36.4 Å². The molecule has 0 fully saturated rings. The molecule has 0 unspecified atom stereocenters. The Hall–Kier alpha value is -2.75. The molecule has 2 aliphatic heterocycles. The molecule has 0 spiro atoms. The predicted molar refractivity (Wildman–Crippen MR) is 86.3 cm³/mol. The smallest absolute Gasteiger partial charge is 0.235 e. The molecule has 4 heteroatoms. The molecule has 5 rings (SSSR count). The lowest BCUT2D eigenvalue weighted by Crippen LogP contribution is -2.08. The van der Waals surface area contributed by atoms with E-state index in [-0.39, 0.29) is 5.43 Å². The molecule has 0 radical (unpaired) electrons. The van der Waals surface area contributed by atoms with Gasteiger partial charge in [-0.3, -0.25) is 4.79 Å². The molecule has 0 atom stereocenters. The zero-order chi connectivity index (χ0) is 15.4. The molecule has 23 heavy (non-hydrogen) atoms. The van der Waals surface area contributed by atoms with E-state index < -0.39 is 0 Å². The second-order valence-corrected chi connectivity index (χ2v) is 5.87. The predicted octanol–water partition coefficient (Wildman–Crippen LogP) is 3.33. The number of fused-ring (bicyclic) bond motifs is 3. The van der Waals surface area contributed by atoms with E-state index in [1.54, 1.807) is 0 Å². The summed E-state index contributed by atoms with van der Waals surface area (Å²) < 4.78 is 17.6. The van der Waals surface area contributed by atoms with Gasteiger partial charge in [0.2, 0.25) is 11.2 Å². The molecule has 3 aromatic rings. The van der Waals surface area contributed by atoms with E-state index in [4.69, 9.17) is 13.9 Å². The summed E-state index contributed by atoms with van der Waals surface area (Å²) in [7, 11) is 0. The Morgan fingerprint density at radius 1 is 0.913 bits per heavy atom. The van der Waals surface area contributed by atoms with Crippen LogP contribution in [0.5, 0.6) is 11.5 Å². The summed E-state index contributed by atoms with van der Waals surface area (Å²) in [5, 5.41) is 0.609. The summed E-state index contributed by atoms with van der Waals surface area (Å²) in [6.45, 7) is 1.11. The maximum absolute atomic E-state index is 13.0. The molecular formula is C19H14O4. The highest BCUT2D eigenvalue weighted by molar-refractivity contribution is 5.88. The Balaban J connectivity index is 1.91. The van der Waals surface area contributed by atoms with Gasteiger partial charge in [-0.15, -0.1) is 0 Å². The van der Waals surface area contributed by atoms with Gasteiger partial charge in [-0.1, -0.05) is 30.3 Å². The van der Waals surface area contributed by atoms with Crippen molar-refractivity contribution in [3.63, 3.8) is 0 Å². The Bertz CT molecular complexity index is 986. The van der Waals surface area contributed by atoms with Crippen molar-refractivity contribution in [3.8, 4) is 22.8 Å². The van der Waals surface area contributed by atoms with Gasteiger partial charge in [0.15, 0.2) is 5.76 Å². The van der Waals surface area contributed by atoms with Gasteiger partial charge in [-0.25, -0.2) is 0 Å². The van der Waals surface area contributed by atoms with E-state index in [9.17, 15) is 4.79 Å². The van der Waals surface area contributed by atoms with Crippen LogP contribution in [-0.2, 0) is 12.8 Å². The second kappa shape index (κ2) is 4.62. The van der Waals surface area contributed by atoms with E-state index in [2.05, 4.69) is 0 Å². The van der Waals surface area contributed by atoms with E-state index >= 15 is 0 Å². The lowest BCUT2D eigenvalue weighted by molar-refractivity contribution is 0.312. The molecule has 2 aromatic carbocycles. The summed E-state index contributed by atoms with van der Waals surface area (Å²) in [6, 6.07) is 11.6. The summed E-state index contributed by atoms with van der Waals surface area (Å²) in [6.07, 6.45) is 1.51. The largest absolute Gasteiger partial charge is 0.493 e. The molecule has 114 valence electrons. The Morgan fingerprint density at radius 2 is 1.70 bits per heavy atom. The highest BCUT2D eigenvalue weighted by Crippen LogP contribution is 2.40. The molecule has 0 saturated carbocycles. The van der Waals surface area contributed by atoms with Gasteiger partial charge in [0.1, 0.15) is 11.3 Å². The average molecular weight is 306 g/mol. The molecule has 0 amide bonds. The van der Waals surface area contributed by atoms with E-state index in [0.717, 1.165) is 28.9 Å². The summed E-state index contributed by atoms with van der Waals surface area (Å²) in [5.74, 6) is 1.67. The molecule has 0 saturated heterocycles. The van der Waals surface area contributed by atoms with Crippen LogP contribution in [0.15, 0.2) is 45.6 Å². The third kappa shape index (κ3) is 1.75. The highest BCUT2D eigenvalue weighted by Gasteiger charge is 2.28. The van der Waals surface area contributed by atoms with Crippen molar-refractivity contribution < 1.29 is 13.9 Å². The van der Waals surface area contributed by atoms with Gasteiger partial charge in [0, 0.05) is 29.5 Å². The molecule has 2 aliphatic rings. The van der Waals surface area contributed by atoms with Crippen LogP contribution in [0.1, 0.15) is 11.1 Å². The molecule has 3 heterocycles. The van der Waals surface area contributed by atoms with Gasteiger partial charge in [0.05, 0.1) is 18.6 Å². The van der Waals surface area contributed by atoms with Crippen LogP contribution >= 0.6 is 0 Å². The fourth-order valence-electron chi connectivity index (χ4n) is 3.49. The standard InChI is InChI=1S/C19H14O4/c20-16-15-13-7-9-22-19(16)18(11-4-2-1-3-5-11)23-14(15)10-12-6-8-21-17(12)13/h1-5,10H,6-9H2. The number of benzene rings is 2. The molecule has 0 N–H and O–H groups in total. The van der Waals surface area contributed by atoms with Gasteiger partial charge in [-0.05, 0) is 6.07 Å². The van der Waals surface area contributed by atoms with Crippen molar-refractivity contribution in [2.75, 3.05) is 13.2 Å². The summed E-state index contributed by atoms with van der Waals surface area (Å²) in [5.41, 5.74) is 3.42. The highest BCUT2D eigenvalue weighted by atomic mass is 16.5. The van der Waals surface area contributed by atoms with Gasteiger partial charge in [-0.2, -0.15) is 0 Å². The van der Waals surface area contributed by atoms with Gasteiger partial charge in [0.25, 0.3) is 0 Å². The lowest BCUT2D eigenvalue weighted by atomic mass is 10.00. The SMILES string of the molecule is O=c1c2c(-c3ccccc3)oc3cc4c(c(c13)CCO2)OCC4. The van der Waals surface area contributed by atoms with Crippen LogP contribution in [0.2, 0.25) is 0 Å². The monoisotopic (exact) mass is 306 g/mol. The zero-order valence-corrected chi connectivity index (χ0v) is 12.4. The third-order valence-electron chi connectivity index (χ3n) is 4.52. The molecule has 0 aliphatic carbocycles. The van der Waals surface area contributed by atoms with E-state index in [0.29, 0.717) is 42.1 Å². The first-order chi connectivity index (χ1) is 11.3. The maximum Gasteiger partial charge on any atom is 0.235 e. The number of hydrogen-bond donors (Lipinski definition) is 0. The quantitative estimate of drug-likeness (QED) is 0.692. The van der Waals surface area contributed by atoms with Gasteiger partial charge >= 0.3 is 0 Å². The first kappa shape index (κ1) is 12.8. The van der Waals surface area contributed by atoms with Crippen molar-refractivity contribution in [3.05, 3.63) is 57.7 Å². The molecule has 1 aromatic heterocycles. The molecule has 2 bridgehead atoms. The van der Waals surface area contributed by atoms with Crippen molar-refractivity contribution >= 4 is 11.0 Å². The minimum atomic E-state index is -0.101. The van der Waals surface area contributed by atoms with Crippen molar-refractivity contribution in [2.24, 2.45) is 0 Å². The van der Waals surface area contributed by atoms with E-state index in [1.165, 1.54) is 0 Å². The first-order valence-corrected chi connectivity index (χ1v) is 7.79. The summed E-state index contributed by atoms with van der Waals surface area (Å²) >= 11 is 0.